The molecule has 98 valence electrons. The summed E-state index contributed by atoms with van der Waals surface area (Å²) in [6.45, 7) is 6.08. The molecule has 3 rings (SSSR count). The van der Waals surface area contributed by atoms with Gasteiger partial charge in [-0.05, 0) is 39.5 Å². The molecule has 0 bridgehead atoms. The molecule has 1 aromatic heterocycles. The van der Waals surface area contributed by atoms with Crippen LogP contribution < -0.4 is 0 Å². The molecule has 3 nitrogen and oxygen atoms in total. The standard InChI is InChI=1S/C14H20N2OS/c1-9-10(2)18-13(15-9)11-5-7-16(8-6-11)14(17)12-3-4-12/h11-12H,3-8H2,1-2H3. The second-order valence-electron chi connectivity index (χ2n) is 5.57. The lowest BCUT2D eigenvalue weighted by molar-refractivity contribution is -0.133. The minimum Gasteiger partial charge on any atom is -0.342 e. The molecule has 1 aliphatic heterocycles. The predicted octanol–water partition coefficient (Wildman–Crippen LogP) is 2.88. The SMILES string of the molecule is Cc1nc(C2CCN(C(=O)C3CC3)CC2)sc1C. The molecule has 2 heterocycles. The van der Waals surface area contributed by atoms with Gasteiger partial charge >= 0.3 is 0 Å². The first-order valence-corrected chi connectivity index (χ1v) is 7.69. The van der Waals surface area contributed by atoms with Gasteiger partial charge in [0.2, 0.25) is 5.91 Å². The first-order valence-electron chi connectivity index (χ1n) is 6.88. The van der Waals surface area contributed by atoms with Crippen molar-refractivity contribution in [3.05, 3.63) is 15.6 Å². The topological polar surface area (TPSA) is 33.2 Å². The Morgan fingerprint density at radius 1 is 1.22 bits per heavy atom. The van der Waals surface area contributed by atoms with E-state index in [-0.39, 0.29) is 0 Å². The maximum Gasteiger partial charge on any atom is 0.225 e. The summed E-state index contributed by atoms with van der Waals surface area (Å²) in [5.41, 5.74) is 1.17. The Morgan fingerprint density at radius 3 is 2.39 bits per heavy atom. The number of carbonyl (C=O) groups is 1. The fraction of sp³-hybridized carbons (Fsp3) is 0.714. The van der Waals surface area contributed by atoms with E-state index in [9.17, 15) is 4.79 Å². The van der Waals surface area contributed by atoms with E-state index in [0.717, 1.165) is 38.8 Å². The van der Waals surface area contributed by atoms with Crippen molar-refractivity contribution < 1.29 is 4.79 Å². The van der Waals surface area contributed by atoms with Crippen molar-refractivity contribution in [1.82, 2.24) is 9.88 Å². The van der Waals surface area contributed by atoms with Crippen LogP contribution in [0, 0.1) is 19.8 Å². The van der Waals surface area contributed by atoms with Gasteiger partial charge < -0.3 is 4.90 Å². The van der Waals surface area contributed by atoms with Crippen LogP contribution >= 0.6 is 11.3 Å². The molecule has 0 aromatic carbocycles. The number of aromatic nitrogens is 1. The zero-order chi connectivity index (χ0) is 12.7. The minimum absolute atomic E-state index is 0.367. The van der Waals surface area contributed by atoms with E-state index in [0.29, 0.717) is 17.7 Å². The largest absolute Gasteiger partial charge is 0.342 e. The fourth-order valence-electron chi connectivity index (χ4n) is 2.61. The monoisotopic (exact) mass is 264 g/mol. The molecule has 18 heavy (non-hydrogen) atoms. The first-order chi connectivity index (χ1) is 8.65. The summed E-state index contributed by atoms with van der Waals surface area (Å²) in [6.07, 6.45) is 4.41. The third kappa shape index (κ3) is 2.30. The lowest BCUT2D eigenvalue weighted by Gasteiger charge is -2.31. The van der Waals surface area contributed by atoms with Gasteiger partial charge in [-0.1, -0.05) is 0 Å². The summed E-state index contributed by atoms with van der Waals surface area (Å²) in [5.74, 6) is 1.34. The van der Waals surface area contributed by atoms with Gasteiger partial charge in [0, 0.05) is 29.8 Å². The Hall–Kier alpha value is -0.900. The van der Waals surface area contributed by atoms with Crippen LogP contribution in [0.5, 0.6) is 0 Å². The van der Waals surface area contributed by atoms with Crippen molar-refractivity contribution in [2.75, 3.05) is 13.1 Å². The Kier molecular flexibility index (Phi) is 3.14. The summed E-state index contributed by atoms with van der Waals surface area (Å²) in [7, 11) is 0. The number of rotatable bonds is 2. The van der Waals surface area contributed by atoms with Gasteiger partial charge in [0.25, 0.3) is 0 Å². The van der Waals surface area contributed by atoms with Gasteiger partial charge in [0.15, 0.2) is 0 Å². The molecule has 1 saturated heterocycles. The number of hydrogen-bond donors (Lipinski definition) is 0. The number of carbonyl (C=O) groups excluding carboxylic acids is 1. The van der Waals surface area contributed by atoms with E-state index in [1.807, 2.05) is 11.3 Å². The van der Waals surface area contributed by atoms with Crippen LogP contribution in [0.1, 0.15) is 47.2 Å². The third-order valence-corrected chi connectivity index (χ3v) is 5.36. The zero-order valence-electron chi connectivity index (χ0n) is 11.1. The molecule has 0 N–H and O–H groups in total. The number of hydrogen-bond acceptors (Lipinski definition) is 3. The summed E-state index contributed by atoms with van der Waals surface area (Å²) >= 11 is 1.83. The van der Waals surface area contributed by atoms with Gasteiger partial charge in [-0.3, -0.25) is 4.79 Å². The molecule has 1 saturated carbocycles. The number of aryl methyl sites for hydroxylation is 2. The van der Waals surface area contributed by atoms with Crippen LogP contribution in [-0.4, -0.2) is 28.9 Å². The molecule has 0 radical (unpaired) electrons. The molecule has 2 aliphatic rings. The van der Waals surface area contributed by atoms with Crippen molar-refractivity contribution in [3.63, 3.8) is 0 Å². The average Bonchev–Trinajstić information content (AvgIpc) is 3.16. The van der Waals surface area contributed by atoms with E-state index >= 15 is 0 Å². The van der Waals surface area contributed by atoms with Crippen LogP contribution in [0.3, 0.4) is 0 Å². The number of amides is 1. The predicted molar refractivity (Wildman–Crippen MR) is 72.9 cm³/mol. The van der Waals surface area contributed by atoms with Crippen molar-refractivity contribution in [2.45, 2.75) is 45.4 Å². The maximum absolute atomic E-state index is 12.0. The van der Waals surface area contributed by atoms with Gasteiger partial charge in [0.05, 0.1) is 10.7 Å². The highest BCUT2D eigenvalue weighted by molar-refractivity contribution is 7.11. The number of likely N-dealkylation sites (tertiary alicyclic amines) is 1. The van der Waals surface area contributed by atoms with Crippen LogP contribution in [0.2, 0.25) is 0 Å². The van der Waals surface area contributed by atoms with Crippen LogP contribution in [0.25, 0.3) is 0 Å². The Labute approximate surface area is 112 Å². The molecule has 1 aliphatic carbocycles. The molecule has 2 fully saturated rings. The van der Waals surface area contributed by atoms with E-state index in [1.54, 1.807) is 0 Å². The van der Waals surface area contributed by atoms with Crippen molar-refractivity contribution in [2.24, 2.45) is 5.92 Å². The fourth-order valence-corrected chi connectivity index (χ4v) is 3.70. The molecule has 0 atom stereocenters. The third-order valence-electron chi connectivity index (χ3n) is 4.13. The van der Waals surface area contributed by atoms with E-state index < -0.39 is 0 Å². The second-order valence-corrected chi connectivity index (χ2v) is 6.80. The second kappa shape index (κ2) is 4.65. The van der Waals surface area contributed by atoms with Crippen molar-refractivity contribution in [3.8, 4) is 0 Å². The summed E-state index contributed by atoms with van der Waals surface area (Å²) in [5, 5.41) is 1.28. The van der Waals surface area contributed by atoms with Crippen molar-refractivity contribution >= 4 is 17.2 Å². The Bertz CT molecular complexity index is 437. The normalized spacial score (nSPS) is 21.3. The lowest BCUT2D eigenvalue weighted by atomic mass is 9.97. The van der Waals surface area contributed by atoms with E-state index in [4.69, 9.17) is 0 Å². The number of thiazole rings is 1. The quantitative estimate of drug-likeness (QED) is 0.823. The summed E-state index contributed by atoms with van der Waals surface area (Å²) < 4.78 is 0. The van der Waals surface area contributed by atoms with E-state index in [2.05, 4.69) is 23.7 Å². The van der Waals surface area contributed by atoms with Gasteiger partial charge in [-0.25, -0.2) is 4.98 Å². The molecule has 1 amide bonds. The molecule has 1 aromatic rings. The van der Waals surface area contributed by atoms with Crippen molar-refractivity contribution in [1.29, 1.82) is 0 Å². The molecule has 4 heteroatoms. The molecule has 0 unspecified atom stereocenters. The maximum atomic E-state index is 12.0. The van der Waals surface area contributed by atoms with Crippen LogP contribution in [0.15, 0.2) is 0 Å². The first kappa shape index (κ1) is 12.2. The smallest absolute Gasteiger partial charge is 0.225 e. The number of nitrogens with zero attached hydrogens (tertiary/aromatic N) is 2. The Morgan fingerprint density at radius 2 is 1.89 bits per heavy atom. The minimum atomic E-state index is 0.367. The van der Waals surface area contributed by atoms with E-state index in [1.165, 1.54) is 15.6 Å². The molecule has 0 spiro atoms. The Balaban J connectivity index is 1.60. The highest BCUT2D eigenvalue weighted by Gasteiger charge is 2.35. The van der Waals surface area contributed by atoms with Gasteiger partial charge in [-0.2, -0.15) is 0 Å². The van der Waals surface area contributed by atoms with Crippen LogP contribution in [-0.2, 0) is 4.79 Å². The van der Waals surface area contributed by atoms with Gasteiger partial charge in [0.1, 0.15) is 0 Å². The summed E-state index contributed by atoms with van der Waals surface area (Å²) in [4.78, 5) is 20.0. The molecular weight excluding hydrogens is 244 g/mol. The number of piperidine rings is 1. The highest BCUT2D eigenvalue weighted by atomic mass is 32.1. The van der Waals surface area contributed by atoms with Gasteiger partial charge in [-0.15, -0.1) is 11.3 Å². The summed E-state index contributed by atoms with van der Waals surface area (Å²) in [6, 6.07) is 0. The average molecular weight is 264 g/mol. The van der Waals surface area contributed by atoms with Crippen LogP contribution in [0.4, 0.5) is 0 Å². The lowest BCUT2D eigenvalue weighted by Crippen LogP contribution is -2.38. The highest BCUT2D eigenvalue weighted by Crippen LogP contribution is 2.35. The zero-order valence-corrected chi connectivity index (χ0v) is 11.9. The molecular formula is C14H20N2OS.